The first-order chi connectivity index (χ1) is 5.95. The molecule has 0 radical (unpaired) electrons. The number of nitrogens with one attached hydrogen (secondary N) is 1. The topological polar surface area (TPSA) is 21.3 Å². The Hall–Kier alpha value is 0.270. The van der Waals surface area contributed by atoms with Crippen LogP contribution in [0.15, 0.2) is 0 Å². The maximum atomic E-state index is 5.10. The fraction of sp³-hybridized carbons (Fsp3) is 1.00. The summed E-state index contributed by atoms with van der Waals surface area (Å²) in [5, 5.41) is 4.33. The van der Waals surface area contributed by atoms with E-state index in [0.29, 0.717) is 0 Å². The molecule has 0 unspecified atom stereocenters. The maximum Gasteiger partial charge on any atom is 0.0607 e. The molecule has 2 fully saturated rings. The second-order valence-electron chi connectivity index (χ2n) is 3.61. The van der Waals surface area contributed by atoms with Gasteiger partial charge in [-0.15, -0.1) is 0 Å². The van der Waals surface area contributed by atoms with Gasteiger partial charge in [0.25, 0.3) is 0 Å². The number of thioether (sulfide) groups is 1. The number of ether oxygens (including phenoxy) is 1. The first-order valence-electron chi connectivity index (χ1n) is 4.88. The molecule has 1 N–H and O–H groups in total. The summed E-state index contributed by atoms with van der Waals surface area (Å²) in [5.74, 6) is 1.30. The molecular formula is C9H17NOS. The van der Waals surface area contributed by atoms with Crippen LogP contribution in [0.3, 0.4) is 0 Å². The molecule has 1 saturated carbocycles. The zero-order valence-electron chi connectivity index (χ0n) is 7.42. The van der Waals surface area contributed by atoms with Crippen LogP contribution in [0.4, 0.5) is 0 Å². The fourth-order valence-corrected chi connectivity index (χ4v) is 2.26. The molecule has 70 valence electrons. The minimum absolute atomic E-state index is 0.811. The molecule has 0 atom stereocenters. The lowest BCUT2D eigenvalue weighted by atomic mass is 10.4. The van der Waals surface area contributed by atoms with Crippen molar-refractivity contribution in [2.45, 2.75) is 30.6 Å². The van der Waals surface area contributed by atoms with Gasteiger partial charge in [0.05, 0.1) is 18.5 Å². The Bertz CT molecular complexity index is 134. The lowest BCUT2D eigenvalue weighted by Gasteiger charge is -2.25. The van der Waals surface area contributed by atoms with Crippen molar-refractivity contribution in [2.75, 3.05) is 25.5 Å². The van der Waals surface area contributed by atoms with Gasteiger partial charge in [0, 0.05) is 6.04 Å². The Morgan fingerprint density at radius 3 is 2.75 bits per heavy atom. The first-order valence-corrected chi connectivity index (χ1v) is 5.93. The smallest absolute Gasteiger partial charge is 0.0607 e. The first kappa shape index (κ1) is 8.85. The molecule has 3 heteroatoms. The van der Waals surface area contributed by atoms with E-state index in [2.05, 4.69) is 17.1 Å². The summed E-state index contributed by atoms with van der Waals surface area (Å²) in [6, 6.07) is 0.877. The number of hydrogen-bond donors (Lipinski definition) is 1. The third-order valence-corrected chi connectivity index (χ3v) is 3.56. The van der Waals surface area contributed by atoms with Crippen molar-refractivity contribution in [1.82, 2.24) is 5.32 Å². The Morgan fingerprint density at radius 2 is 2.17 bits per heavy atom. The molecule has 1 heterocycles. The second-order valence-corrected chi connectivity index (χ2v) is 5.02. The van der Waals surface area contributed by atoms with E-state index in [9.17, 15) is 0 Å². The molecule has 2 nitrogen and oxygen atoms in total. The van der Waals surface area contributed by atoms with E-state index in [1.807, 2.05) is 0 Å². The van der Waals surface area contributed by atoms with Gasteiger partial charge in [0.15, 0.2) is 0 Å². The van der Waals surface area contributed by atoms with Crippen molar-refractivity contribution < 1.29 is 4.74 Å². The van der Waals surface area contributed by atoms with E-state index in [1.165, 1.54) is 31.6 Å². The molecule has 1 aliphatic carbocycles. The summed E-state index contributed by atoms with van der Waals surface area (Å²) in [6.45, 7) is 3.19. The van der Waals surface area contributed by atoms with Crippen LogP contribution >= 0.6 is 11.8 Å². The SMILES string of the molecule is C(CNC1CC1)CSC1COC1. The quantitative estimate of drug-likeness (QED) is 0.633. The summed E-state index contributed by atoms with van der Waals surface area (Å²) in [7, 11) is 0. The zero-order chi connectivity index (χ0) is 8.23. The number of hydrogen-bond acceptors (Lipinski definition) is 3. The van der Waals surface area contributed by atoms with Crippen molar-refractivity contribution >= 4 is 11.8 Å². The van der Waals surface area contributed by atoms with Gasteiger partial charge in [-0.25, -0.2) is 0 Å². The van der Waals surface area contributed by atoms with Crippen LogP contribution in [0.1, 0.15) is 19.3 Å². The highest BCUT2D eigenvalue weighted by Gasteiger charge is 2.20. The van der Waals surface area contributed by atoms with Gasteiger partial charge >= 0.3 is 0 Å². The van der Waals surface area contributed by atoms with Crippen LogP contribution in [0.2, 0.25) is 0 Å². The second kappa shape index (κ2) is 4.49. The Morgan fingerprint density at radius 1 is 1.33 bits per heavy atom. The van der Waals surface area contributed by atoms with Crippen molar-refractivity contribution in [1.29, 1.82) is 0 Å². The van der Waals surface area contributed by atoms with Crippen LogP contribution in [0.25, 0.3) is 0 Å². The van der Waals surface area contributed by atoms with Crippen molar-refractivity contribution in [2.24, 2.45) is 0 Å². The molecule has 0 spiro atoms. The van der Waals surface area contributed by atoms with E-state index < -0.39 is 0 Å². The average Bonchev–Trinajstić information content (AvgIpc) is 2.76. The van der Waals surface area contributed by atoms with Crippen LogP contribution in [-0.2, 0) is 4.74 Å². The van der Waals surface area contributed by atoms with Crippen LogP contribution in [0, 0.1) is 0 Å². The Kier molecular flexibility index (Phi) is 3.31. The minimum Gasteiger partial charge on any atom is -0.379 e. The molecule has 2 rings (SSSR count). The lowest BCUT2D eigenvalue weighted by molar-refractivity contribution is 0.0455. The van der Waals surface area contributed by atoms with E-state index in [1.54, 1.807) is 0 Å². The average molecular weight is 187 g/mol. The van der Waals surface area contributed by atoms with Gasteiger partial charge in [-0.05, 0) is 31.6 Å². The zero-order valence-corrected chi connectivity index (χ0v) is 8.24. The largest absolute Gasteiger partial charge is 0.379 e. The Balaban J connectivity index is 1.35. The van der Waals surface area contributed by atoms with Crippen molar-refractivity contribution in [3.05, 3.63) is 0 Å². The molecule has 0 aromatic heterocycles. The predicted octanol–water partition coefficient (Wildman–Crippen LogP) is 1.26. The molecule has 1 saturated heterocycles. The van der Waals surface area contributed by atoms with Gasteiger partial charge < -0.3 is 10.1 Å². The van der Waals surface area contributed by atoms with Crippen LogP contribution in [0.5, 0.6) is 0 Å². The molecule has 1 aliphatic heterocycles. The van der Waals surface area contributed by atoms with E-state index in [4.69, 9.17) is 4.74 Å². The highest BCUT2D eigenvalue weighted by Crippen LogP contribution is 2.20. The number of rotatable bonds is 6. The fourth-order valence-electron chi connectivity index (χ4n) is 1.23. The standard InChI is InChI=1S/C9H17NOS/c1(4-10-8-2-3-8)5-12-9-6-11-7-9/h8-10H,1-7H2. The molecule has 0 amide bonds. The van der Waals surface area contributed by atoms with Gasteiger partial charge in [0.2, 0.25) is 0 Å². The van der Waals surface area contributed by atoms with E-state index in [-0.39, 0.29) is 0 Å². The van der Waals surface area contributed by atoms with Crippen molar-refractivity contribution in [3.8, 4) is 0 Å². The van der Waals surface area contributed by atoms with E-state index >= 15 is 0 Å². The van der Waals surface area contributed by atoms with Gasteiger partial charge in [-0.1, -0.05) is 0 Å². The predicted molar refractivity (Wildman–Crippen MR) is 52.7 cm³/mol. The molecule has 2 aliphatic rings. The van der Waals surface area contributed by atoms with Gasteiger partial charge in [-0.2, -0.15) is 11.8 Å². The molecule has 12 heavy (non-hydrogen) atoms. The highest BCUT2D eigenvalue weighted by atomic mass is 32.2. The van der Waals surface area contributed by atoms with Crippen LogP contribution < -0.4 is 5.32 Å². The summed E-state index contributed by atoms with van der Waals surface area (Å²) in [6.07, 6.45) is 4.13. The minimum atomic E-state index is 0.811. The summed E-state index contributed by atoms with van der Waals surface area (Å²) in [5.41, 5.74) is 0. The Labute approximate surface area is 78.4 Å². The molecule has 0 aromatic carbocycles. The maximum absolute atomic E-state index is 5.10. The van der Waals surface area contributed by atoms with Gasteiger partial charge in [-0.3, -0.25) is 0 Å². The highest BCUT2D eigenvalue weighted by molar-refractivity contribution is 8.00. The third-order valence-electron chi connectivity index (χ3n) is 2.29. The third kappa shape index (κ3) is 2.96. The van der Waals surface area contributed by atoms with Crippen LogP contribution in [-0.4, -0.2) is 36.8 Å². The summed E-state index contributed by atoms with van der Waals surface area (Å²) < 4.78 is 5.10. The molecular weight excluding hydrogens is 170 g/mol. The molecule has 0 bridgehead atoms. The van der Waals surface area contributed by atoms with Gasteiger partial charge in [0.1, 0.15) is 0 Å². The molecule has 0 aromatic rings. The van der Waals surface area contributed by atoms with Crippen molar-refractivity contribution in [3.63, 3.8) is 0 Å². The normalized spacial score (nSPS) is 24.0. The monoisotopic (exact) mass is 187 g/mol. The van der Waals surface area contributed by atoms with E-state index in [0.717, 1.165) is 24.5 Å². The lowest BCUT2D eigenvalue weighted by Crippen LogP contribution is -2.30. The summed E-state index contributed by atoms with van der Waals surface area (Å²) >= 11 is 2.07. The summed E-state index contributed by atoms with van der Waals surface area (Å²) in [4.78, 5) is 0.